The highest BCUT2D eigenvalue weighted by molar-refractivity contribution is 5.64. The summed E-state index contributed by atoms with van der Waals surface area (Å²) in [5.74, 6) is -1.63. The van der Waals surface area contributed by atoms with E-state index < -0.39 is 11.6 Å². The molecule has 3 aromatic rings. The van der Waals surface area contributed by atoms with Crippen molar-refractivity contribution in [2.45, 2.75) is 58.3 Å². The quantitative estimate of drug-likeness (QED) is 0.197. The Morgan fingerprint density at radius 3 is 1.94 bits per heavy atom. The lowest BCUT2D eigenvalue weighted by atomic mass is 9.84. The van der Waals surface area contributed by atoms with Crippen molar-refractivity contribution in [3.05, 3.63) is 95.6 Å². The normalized spacial score (nSPS) is 17.2. The zero-order valence-corrected chi connectivity index (χ0v) is 21.3. The van der Waals surface area contributed by atoms with Crippen LogP contribution in [0.4, 0.5) is 8.78 Å². The fourth-order valence-corrected chi connectivity index (χ4v) is 4.75. The molecule has 2 nitrogen and oxygen atoms in total. The topological polar surface area (TPSA) is 18.5 Å². The number of aryl methyl sites for hydroxylation is 1. The van der Waals surface area contributed by atoms with Crippen LogP contribution in [-0.4, -0.2) is 13.2 Å². The van der Waals surface area contributed by atoms with Gasteiger partial charge in [0.2, 0.25) is 11.6 Å². The highest BCUT2D eigenvalue weighted by Crippen LogP contribution is 2.33. The van der Waals surface area contributed by atoms with Crippen LogP contribution < -0.4 is 9.47 Å². The number of hydrogen-bond acceptors (Lipinski definition) is 2. The van der Waals surface area contributed by atoms with E-state index in [1.807, 2.05) is 0 Å². The Balaban J connectivity index is 1.31. The molecule has 0 N–H and O–H groups in total. The molecule has 190 valence electrons. The number of benzene rings is 3. The Kier molecular flexibility index (Phi) is 9.16. The molecule has 4 heteroatoms. The summed E-state index contributed by atoms with van der Waals surface area (Å²) in [4.78, 5) is 0. The Morgan fingerprint density at radius 2 is 1.36 bits per heavy atom. The van der Waals surface area contributed by atoms with E-state index in [9.17, 15) is 8.78 Å². The predicted octanol–water partition coefficient (Wildman–Crippen LogP) is 8.89. The van der Waals surface area contributed by atoms with Gasteiger partial charge in [0, 0.05) is 11.8 Å². The van der Waals surface area contributed by atoms with Gasteiger partial charge in [0.25, 0.3) is 0 Å². The molecule has 1 aliphatic rings. The van der Waals surface area contributed by atoms with Gasteiger partial charge >= 0.3 is 0 Å². The van der Waals surface area contributed by atoms with Gasteiger partial charge in [-0.1, -0.05) is 80.4 Å². The number of ether oxygens (including phenoxy) is 2. The van der Waals surface area contributed by atoms with Crippen molar-refractivity contribution in [1.82, 2.24) is 0 Å². The molecule has 1 aliphatic carbocycles. The van der Waals surface area contributed by atoms with Gasteiger partial charge in [-0.05, 0) is 67.0 Å². The van der Waals surface area contributed by atoms with Crippen molar-refractivity contribution in [2.75, 3.05) is 13.2 Å². The number of unbranched alkanes of at least 4 members (excludes halogenated alkanes) is 2. The molecule has 2 unspecified atom stereocenters. The van der Waals surface area contributed by atoms with Crippen LogP contribution in [0.1, 0.15) is 63.0 Å². The lowest BCUT2D eigenvalue weighted by Gasteiger charge is -2.23. The molecule has 2 atom stereocenters. The summed E-state index contributed by atoms with van der Waals surface area (Å²) in [6.07, 6.45) is 11.2. The first kappa shape index (κ1) is 25.9. The SMILES string of the molecule is CCCCCc1ccc(-c2ccc(C3C=CC(COc4ccc(OCC)c(F)c4F)CC3)cc2)cc1. The van der Waals surface area contributed by atoms with E-state index in [0.29, 0.717) is 12.5 Å². The van der Waals surface area contributed by atoms with Gasteiger partial charge in [0.15, 0.2) is 11.5 Å². The molecule has 0 saturated carbocycles. The third-order valence-corrected chi connectivity index (χ3v) is 6.92. The second-order valence-corrected chi connectivity index (χ2v) is 9.54. The number of hydrogen-bond donors (Lipinski definition) is 0. The molecule has 0 amide bonds. The van der Waals surface area contributed by atoms with Crippen molar-refractivity contribution in [3.63, 3.8) is 0 Å². The molecule has 0 fully saturated rings. The first-order valence-electron chi connectivity index (χ1n) is 13.2. The molecule has 36 heavy (non-hydrogen) atoms. The zero-order valence-electron chi connectivity index (χ0n) is 21.3. The van der Waals surface area contributed by atoms with Crippen molar-refractivity contribution >= 4 is 0 Å². The highest BCUT2D eigenvalue weighted by atomic mass is 19.2. The van der Waals surface area contributed by atoms with Crippen LogP contribution in [0.5, 0.6) is 11.5 Å². The minimum Gasteiger partial charge on any atom is -0.491 e. The van der Waals surface area contributed by atoms with Gasteiger partial charge in [-0.15, -0.1) is 0 Å². The molecule has 0 aromatic heterocycles. The second kappa shape index (κ2) is 12.7. The Hall–Kier alpha value is -3.14. The van der Waals surface area contributed by atoms with Gasteiger partial charge in [0.1, 0.15) is 0 Å². The van der Waals surface area contributed by atoms with Crippen molar-refractivity contribution < 1.29 is 18.3 Å². The van der Waals surface area contributed by atoms with E-state index >= 15 is 0 Å². The smallest absolute Gasteiger partial charge is 0.204 e. The zero-order chi connectivity index (χ0) is 25.3. The van der Waals surface area contributed by atoms with Crippen LogP contribution in [0.3, 0.4) is 0 Å². The van der Waals surface area contributed by atoms with Gasteiger partial charge in [0.05, 0.1) is 13.2 Å². The van der Waals surface area contributed by atoms with Gasteiger partial charge < -0.3 is 9.47 Å². The summed E-state index contributed by atoms with van der Waals surface area (Å²) in [6.45, 7) is 4.56. The summed E-state index contributed by atoms with van der Waals surface area (Å²) < 4.78 is 39.0. The molecular weight excluding hydrogens is 454 g/mol. The maximum atomic E-state index is 14.3. The average molecular weight is 491 g/mol. The summed E-state index contributed by atoms with van der Waals surface area (Å²) in [5, 5.41) is 0. The molecule has 0 heterocycles. The first-order valence-corrected chi connectivity index (χ1v) is 13.2. The molecular formula is C32H36F2O2. The minimum absolute atomic E-state index is 0.0731. The van der Waals surface area contributed by atoms with Crippen LogP contribution in [0.25, 0.3) is 11.1 Å². The Bertz CT molecular complexity index is 1140. The fourth-order valence-electron chi connectivity index (χ4n) is 4.75. The molecule has 4 rings (SSSR count). The van der Waals surface area contributed by atoms with Crippen LogP contribution in [0, 0.1) is 17.6 Å². The van der Waals surface area contributed by atoms with Crippen LogP contribution >= 0.6 is 0 Å². The van der Waals surface area contributed by atoms with E-state index in [-0.39, 0.29) is 24.0 Å². The van der Waals surface area contributed by atoms with Gasteiger partial charge in [-0.25, -0.2) is 0 Å². The van der Waals surface area contributed by atoms with E-state index in [2.05, 4.69) is 67.6 Å². The van der Waals surface area contributed by atoms with Crippen molar-refractivity contribution in [1.29, 1.82) is 0 Å². The van der Waals surface area contributed by atoms with Crippen LogP contribution in [-0.2, 0) is 6.42 Å². The molecule has 0 saturated heterocycles. The van der Waals surface area contributed by atoms with Gasteiger partial charge in [-0.3, -0.25) is 0 Å². The maximum Gasteiger partial charge on any atom is 0.204 e. The Labute approximate surface area is 214 Å². The summed E-state index contributed by atoms with van der Waals surface area (Å²) >= 11 is 0. The predicted molar refractivity (Wildman–Crippen MR) is 143 cm³/mol. The summed E-state index contributed by atoms with van der Waals surface area (Å²) in [5.41, 5.74) is 5.18. The van der Waals surface area contributed by atoms with Crippen LogP contribution in [0.15, 0.2) is 72.8 Å². The maximum absolute atomic E-state index is 14.3. The molecule has 0 aliphatic heterocycles. The van der Waals surface area contributed by atoms with Crippen LogP contribution in [0.2, 0.25) is 0 Å². The van der Waals surface area contributed by atoms with Crippen molar-refractivity contribution in [2.24, 2.45) is 5.92 Å². The molecule has 0 spiro atoms. The molecule has 0 bridgehead atoms. The first-order chi connectivity index (χ1) is 17.6. The monoisotopic (exact) mass is 490 g/mol. The minimum atomic E-state index is -1.00. The average Bonchev–Trinajstić information content (AvgIpc) is 2.92. The standard InChI is InChI=1S/C32H36F2O2/c1-3-5-6-7-23-8-12-25(13-9-23)27-16-18-28(19-17-27)26-14-10-24(11-15-26)22-36-30-21-20-29(35-4-2)31(33)32(30)34/h8-10,12-14,16-21,24,26H,3-7,11,15,22H2,1-2H3. The third-order valence-electron chi connectivity index (χ3n) is 6.92. The fraction of sp³-hybridized carbons (Fsp3) is 0.375. The highest BCUT2D eigenvalue weighted by Gasteiger charge is 2.20. The van der Waals surface area contributed by atoms with Crippen molar-refractivity contribution in [3.8, 4) is 22.6 Å². The number of allylic oxidation sites excluding steroid dienone is 1. The largest absolute Gasteiger partial charge is 0.491 e. The van der Waals surface area contributed by atoms with E-state index in [4.69, 9.17) is 9.47 Å². The number of rotatable bonds is 11. The molecule has 3 aromatic carbocycles. The summed E-state index contributed by atoms with van der Waals surface area (Å²) in [7, 11) is 0. The lowest BCUT2D eigenvalue weighted by Crippen LogP contribution is -2.15. The van der Waals surface area contributed by atoms with Gasteiger partial charge in [-0.2, -0.15) is 8.78 Å². The van der Waals surface area contributed by atoms with E-state index in [1.54, 1.807) is 6.92 Å². The summed E-state index contributed by atoms with van der Waals surface area (Å²) in [6, 6.07) is 20.6. The Morgan fingerprint density at radius 1 is 0.722 bits per heavy atom. The number of halogens is 2. The van der Waals surface area contributed by atoms with E-state index in [0.717, 1.165) is 19.3 Å². The molecule has 0 radical (unpaired) electrons. The van der Waals surface area contributed by atoms with E-state index in [1.165, 1.54) is 53.6 Å². The second-order valence-electron chi connectivity index (χ2n) is 9.54. The lowest BCUT2D eigenvalue weighted by molar-refractivity contribution is 0.243. The third kappa shape index (κ3) is 6.54.